The Hall–Kier alpha value is -1.88. The predicted octanol–water partition coefficient (Wildman–Crippen LogP) is 1.83. The van der Waals surface area contributed by atoms with E-state index in [0.29, 0.717) is 26.3 Å². The highest BCUT2D eigenvalue weighted by molar-refractivity contribution is 6.08. The summed E-state index contributed by atoms with van der Waals surface area (Å²) in [4.78, 5) is 25.6. The molecule has 2 amide bonds. The zero-order chi connectivity index (χ0) is 15.9. The van der Waals surface area contributed by atoms with Crippen LogP contribution in [0.5, 0.6) is 0 Å². The van der Waals surface area contributed by atoms with Crippen molar-refractivity contribution in [2.24, 2.45) is 5.92 Å². The van der Waals surface area contributed by atoms with Crippen molar-refractivity contribution in [1.29, 1.82) is 0 Å². The minimum Gasteiger partial charge on any atom is -0.378 e. The maximum Gasteiger partial charge on any atom is 0.258 e. The van der Waals surface area contributed by atoms with Gasteiger partial charge in [0.2, 0.25) is 0 Å². The molecular formula is C17H22N2O3. The Morgan fingerprint density at radius 2 is 1.64 bits per heavy atom. The number of fused-ring (bicyclic) bond motifs is 1. The van der Waals surface area contributed by atoms with Crippen molar-refractivity contribution < 1.29 is 14.3 Å². The van der Waals surface area contributed by atoms with Crippen LogP contribution in [0.4, 0.5) is 0 Å². The molecule has 0 spiro atoms. The number of hydrogen-bond donors (Lipinski definition) is 0. The molecule has 0 atom stereocenters. The third-order valence-electron chi connectivity index (χ3n) is 4.54. The number of carbonyl (C=O) groups is 2. The molecule has 0 aromatic rings. The maximum atomic E-state index is 12.8. The van der Waals surface area contributed by atoms with Crippen LogP contribution in [0.3, 0.4) is 0 Å². The number of allylic oxidation sites excluding steroid dienone is 5. The molecule has 5 heteroatoms. The van der Waals surface area contributed by atoms with E-state index in [1.807, 2.05) is 20.8 Å². The number of hydrogen-bond acceptors (Lipinski definition) is 3. The van der Waals surface area contributed by atoms with Crippen LogP contribution in [0, 0.1) is 5.92 Å². The van der Waals surface area contributed by atoms with Gasteiger partial charge in [0.25, 0.3) is 11.8 Å². The van der Waals surface area contributed by atoms with E-state index in [1.165, 1.54) is 5.57 Å². The van der Waals surface area contributed by atoms with Crippen LogP contribution in [-0.2, 0) is 14.3 Å². The van der Waals surface area contributed by atoms with E-state index >= 15 is 0 Å². The summed E-state index contributed by atoms with van der Waals surface area (Å²) in [6, 6.07) is 0. The van der Waals surface area contributed by atoms with Crippen LogP contribution in [0.15, 0.2) is 34.4 Å². The lowest BCUT2D eigenvalue weighted by atomic mass is 9.88. The second kappa shape index (κ2) is 5.72. The molecule has 0 aromatic carbocycles. The van der Waals surface area contributed by atoms with Crippen molar-refractivity contribution in [3.63, 3.8) is 0 Å². The highest BCUT2D eigenvalue weighted by atomic mass is 16.5. The van der Waals surface area contributed by atoms with E-state index in [4.69, 9.17) is 4.74 Å². The van der Waals surface area contributed by atoms with Gasteiger partial charge < -0.3 is 4.74 Å². The average Bonchev–Trinajstić information content (AvgIpc) is 2.70. The second-order valence-electron chi connectivity index (χ2n) is 6.14. The number of ether oxygens (including phenoxy) is 1. The highest BCUT2D eigenvalue weighted by Gasteiger charge is 2.48. The fourth-order valence-corrected chi connectivity index (χ4v) is 3.47. The first-order chi connectivity index (χ1) is 10.5. The van der Waals surface area contributed by atoms with Gasteiger partial charge in [0.05, 0.1) is 26.3 Å². The molecule has 0 aromatic heterocycles. The Labute approximate surface area is 130 Å². The van der Waals surface area contributed by atoms with Crippen molar-refractivity contribution in [1.82, 2.24) is 10.0 Å². The molecule has 2 fully saturated rings. The van der Waals surface area contributed by atoms with Crippen molar-refractivity contribution in [2.45, 2.75) is 27.2 Å². The monoisotopic (exact) mass is 302 g/mol. The third-order valence-corrected chi connectivity index (χ3v) is 4.54. The molecule has 0 bridgehead atoms. The SMILES string of the molecule is CC1=CCC(C)=C(C2C(=O)N3CCOCCN3C2=O)C(C)=C1. The fourth-order valence-electron chi connectivity index (χ4n) is 3.47. The van der Waals surface area contributed by atoms with Gasteiger partial charge in [0.1, 0.15) is 5.92 Å². The van der Waals surface area contributed by atoms with E-state index in [0.717, 1.165) is 23.1 Å². The summed E-state index contributed by atoms with van der Waals surface area (Å²) < 4.78 is 5.37. The minimum absolute atomic E-state index is 0.114. The second-order valence-corrected chi connectivity index (χ2v) is 6.14. The van der Waals surface area contributed by atoms with Crippen LogP contribution in [0.25, 0.3) is 0 Å². The van der Waals surface area contributed by atoms with Crippen LogP contribution >= 0.6 is 0 Å². The average molecular weight is 302 g/mol. The van der Waals surface area contributed by atoms with Crippen molar-refractivity contribution in [3.8, 4) is 0 Å². The molecule has 1 aliphatic carbocycles. The van der Waals surface area contributed by atoms with E-state index < -0.39 is 5.92 Å². The summed E-state index contributed by atoms with van der Waals surface area (Å²) in [6.45, 7) is 7.92. The molecular weight excluding hydrogens is 280 g/mol. The summed E-state index contributed by atoms with van der Waals surface area (Å²) in [5, 5.41) is 3.14. The van der Waals surface area contributed by atoms with Gasteiger partial charge in [-0.1, -0.05) is 23.3 Å². The molecule has 5 nitrogen and oxygen atoms in total. The maximum absolute atomic E-state index is 12.8. The Morgan fingerprint density at radius 3 is 2.23 bits per heavy atom. The summed E-state index contributed by atoms with van der Waals surface area (Å²) >= 11 is 0. The lowest BCUT2D eigenvalue weighted by Gasteiger charge is -2.23. The first-order valence-electron chi connectivity index (χ1n) is 7.76. The topological polar surface area (TPSA) is 49.9 Å². The van der Waals surface area contributed by atoms with E-state index in [-0.39, 0.29) is 11.8 Å². The molecule has 2 aliphatic heterocycles. The molecule has 0 radical (unpaired) electrons. The molecule has 0 unspecified atom stereocenters. The summed E-state index contributed by atoms with van der Waals surface area (Å²) in [5.74, 6) is -0.914. The van der Waals surface area contributed by atoms with Gasteiger partial charge in [-0.25, -0.2) is 10.0 Å². The van der Waals surface area contributed by atoms with Crippen LogP contribution in [0.2, 0.25) is 0 Å². The van der Waals surface area contributed by atoms with Gasteiger partial charge in [-0.2, -0.15) is 0 Å². The zero-order valence-electron chi connectivity index (χ0n) is 13.4. The van der Waals surface area contributed by atoms with Crippen LogP contribution in [0.1, 0.15) is 27.2 Å². The summed E-state index contributed by atoms with van der Waals surface area (Å²) in [7, 11) is 0. The van der Waals surface area contributed by atoms with Crippen LogP contribution < -0.4 is 0 Å². The number of hydrazine groups is 1. The summed E-state index contributed by atoms with van der Waals surface area (Å²) in [6.07, 6.45) is 4.99. The fraction of sp³-hybridized carbons (Fsp3) is 0.529. The van der Waals surface area contributed by atoms with E-state index in [1.54, 1.807) is 10.0 Å². The van der Waals surface area contributed by atoms with Crippen molar-refractivity contribution in [2.75, 3.05) is 26.3 Å². The molecule has 0 saturated carbocycles. The Kier molecular flexibility index (Phi) is 3.91. The smallest absolute Gasteiger partial charge is 0.258 e. The molecule has 2 heterocycles. The van der Waals surface area contributed by atoms with Crippen LogP contribution in [-0.4, -0.2) is 48.1 Å². The highest BCUT2D eigenvalue weighted by Crippen LogP contribution is 2.35. The van der Waals surface area contributed by atoms with Gasteiger partial charge in [-0.05, 0) is 38.3 Å². The Bertz CT molecular complexity index is 591. The quantitative estimate of drug-likeness (QED) is 0.694. The Morgan fingerprint density at radius 1 is 1.05 bits per heavy atom. The van der Waals surface area contributed by atoms with Gasteiger partial charge in [0, 0.05) is 0 Å². The number of amides is 2. The van der Waals surface area contributed by atoms with Crippen molar-refractivity contribution >= 4 is 11.8 Å². The first kappa shape index (κ1) is 15.0. The number of rotatable bonds is 1. The summed E-state index contributed by atoms with van der Waals surface area (Å²) in [5.41, 5.74) is 4.20. The van der Waals surface area contributed by atoms with E-state index in [9.17, 15) is 9.59 Å². The van der Waals surface area contributed by atoms with Gasteiger partial charge in [0.15, 0.2) is 0 Å². The molecule has 22 heavy (non-hydrogen) atoms. The minimum atomic E-state index is -0.686. The number of nitrogens with zero attached hydrogens (tertiary/aromatic N) is 2. The molecule has 3 aliphatic rings. The Balaban J connectivity index is 2.00. The number of carbonyl (C=O) groups excluding carboxylic acids is 2. The predicted molar refractivity (Wildman–Crippen MR) is 82.6 cm³/mol. The van der Waals surface area contributed by atoms with Gasteiger partial charge >= 0.3 is 0 Å². The molecule has 0 N–H and O–H groups in total. The van der Waals surface area contributed by atoms with E-state index in [2.05, 4.69) is 12.2 Å². The lowest BCUT2D eigenvalue weighted by Crippen LogP contribution is -2.41. The van der Waals surface area contributed by atoms with Crippen molar-refractivity contribution in [3.05, 3.63) is 34.4 Å². The molecule has 2 saturated heterocycles. The lowest BCUT2D eigenvalue weighted by molar-refractivity contribution is -0.145. The first-order valence-corrected chi connectivity index (χ1v) is 7.76. The standard InChI is InChI=1S/C17H22N2O3/c1-11-4-5-12(2)14(13(3)10-11)15-16(20)18-6-8-22-9-7-19(18)17(15)21/h4,10,15H,5-9H2,1-3H3. The third kappa shape index (κ3) is 2.39. The molecule has 118 valence electrons. The normalized spacial score (nSPS) is 24.1. The largest absolute Gasteiger partial charge is 0.378 e. The zero-order valence-corrected chi connectivity index (χ0v) is 13.4. The van der Waals surface area contributed by atoms with Gasteiger partial charge in [-0.3, -0.25) is 9.59 Å². The van der Waals surface area contributed by atoms with Gasteiger partial charge in [-0.15, -0.1) is 0 Å². The molecule has 3 rings (SSSR count).